The molecule has 0 bridgehead atoms. The first-order valence-corrected chi connectivity index (χ1v) is 7.51. The highest BCUT2D eigenvalue weighted by molar-refractivity contribution is 7.98. The number of benzene rings is 1. The quantitative estimate of drug-likeness (QED) is 0.740. The van der Waals surface area contributed by atoms with Gasteiger partial charge in [-0.05, 0) is 29.1 Å². The molecule has 0 saturated heterocycles. The Morgan fingerprint density at radius 2 is 2.00 bits per heavy atom. The average molecular weight is 291 g/mol. The lowest BCUT2D eigenvalue weighted by atomic mass is 10.2. The fraction of sp³-hybridized carbons (Fsp3) is 0.0769. The first kappa shape index (κ1) is 12.4. The van der Waals surface area contributed by atoms with Crippen molar-refractivity contribution in [2.45, 2.75) is 10.9 Å². The molecular formula is C13H10FN3S2. The summed E-state index contributed by atoms with van der Waals surface area (Å²) < 4.78 is 12.8. The summed E-state index contributed by atoms with van der Waals surface area (Å²) in [4.78, 5) is 4.24. The van der Waals surface area contributed by atoms with E-state index in [-0.39, 0.29) is 5.82 Å². The van der Waals surface area contributed by atoms with Crippen molar-refractivity contribution >= 4 is 23.1 Å². The summed E-state index contributed by atoms with van der Waals surface area (Å²) in [6, 6.07) is 10.5. The third-order valence-electron chi connectivity index (χ3n) is 2.51. The van der Waals surface area contributed by atoms with E-state index < -0.39 is 0 Å². The molecule has 0 saturated carbocycles. The van der Waals surface area contributed by atoms with E-state index in [1.165, 1.54) is 12.1 Å². The van der Waals surface area contributed by atoms with Crippen LogP contribution in [0, 0.1) is 5.82 Å². The summed E-state index contributed by atoms with van der Waals surface area (Å²) >= 11 is 3.17. The van der Waals surface area contributed by atoms with E-state index in [1.54, 1.807) is 35.2 Å². The van der Waals surface area contributed by atoms with Crippen molar-refractivity contribution in [3.8, 4) is 10.7 Å². The van der Waals surface area contributed by atoms with Crippen molar-refractivity contribution in [3.63, 3.8) is 0 Å². The van der Waals surface area contributed by atoms with Gasteiger partial charge in [0, 0.05) is 5.75 Å². The van der Waals surface area contributed by atoms with Crippen LogP contribution in [0.4, 0.5) is 4.39 Å². The molecule has 19 heavy (non-hydrogen) atoms. The second-order valence-corrected chi connectivity index (χ2v) is 5.78. The van der Waals surface area contributed by atoms with Crippen LogP contribution in [0.5, 0.6) is 0 Å². The van der Waals surface area contributed by atoms with Crippen molar-refractivity contribution in [1.29, 1.82) is 0 Å². The fourth-order valence-electron chi connectivity index (χ4n) is 1.57. The number of aromatic amines is 1. The monoisotopic (exact) mass is 291 g/mol. The van der Waals surface area contributed by atoms with E-state index >= 15 is 0 Å². The molecule has 0 radical (unpaired) electrons. The molecule has 3 aromatic rings. The molecule has 3 nitrogen and oxygen atoms in total. The van der Waals surface area contributed by atoms with Gasteiger partial charge >= 0.3 is 0 Å². The number of aromatic nitrogens is 3. The van der Waals surface area contributed by atoms with Gasteiger partial charge in [-0.1, -0.05) is 30.0 Å². The van der Waals surface area contributed by atoms with Crippen molar-refractivity contribution in [3.05, 3.63) is 53.2 Å². The zero-order chi connectivity index (χ0) is 13.1. The van der Waals surface area contributed by atoms with Gasteiger partial charge in [0.2, 0.25) is 0 Å². The third-order valence-corrected chi connectivity index (χ3v) is 4.32. The third kappa shape index (κ3) is 3.02. The lowest BCUT2D eigenvalue weighted by Gasteiger charge is -1.98. The standard InChI is InChI=1S/C13H10FN3S2/c14-10-5-3-9(4-6-10)8-19-13-15-12(16-17-13)11-2-1-7-18-11/h1-7H,8H2,(H,15,16,17). The van der Waals surface area contributed by atoms with Crippen LogP contribution in [-0.4, -0.2) is 15.2 Å². The normalized spacial score (nSPS) is 10.8. The minimum absolute atomic E-state index is 0.214. The van der Waals surface area contributed by atoms with Crippen LogP contribution in [-0.2, 0) is 5.75 Å². The van der Waals surface area contributed by atoms with Gasteiger partial charge in [0.05, 0.1) is 4.88 Å². The first-order chi connectivity index (χ1) is 9.31. The molecule has 2 aromatic heterocycles. The second kappa shape index (κ2) is 5.54. The van der Waals surface area contributed by atoms with Crippen LogP contribution in [0.3, 0.4) is 0 Å². The molecule has 0 atom stereocenters. The van der Waals surface area contributed by atoms with Gasteiger partial charge in [0.25, 0.3) is 0 Å². The molecule has 6 heteroatoms. The SMILES string of the molecule is Fc1ccc(CSc2nnc(-c3cccs3)[nH]2)cc1. The topological polar surface area (TPSA) is 41.6 Å². The zero-order valence-electron chi connectivity index (χ0n) is 9.84. The lowest BCUT2D eigenvalue weighted by Crippen LogP contribution is -1.82. The predicted octanol–water partition coefficient (Wildman–Crippen LogP) is 3.96. The molecule has 0 aliphatic heterocycles. The molecule has 0 amide bonds. The van der Waals surface area contributed by atoms with Gasteiger partial charge in [-0.25, -0.2) is 4.39 Å². The van der Waals surface area contributed by atoms with E-state index in [0.29, 0.717) is 0 Å². The lowest BCUT2D eigenvalue weighted by molar-refractivity contribution is 0.627. The number of hydrogen-bond acceptors (Lipinski definition) is 4. The van der Waals surface area contributed by atoms with E-state index in [0.717, 1.165) is 27.2 Å². The zero-order valence-corrected chi connectivity index (χ0v) is 11.5. The fourth-order valence-corrected chi connectivity index (χ4v) is 3.00. The summed E-state index contributed by atoms with van der Waals surface area (Å²) in [6.45, 7) is 0. The van der Waals surface area contributed by atoms with E-state index in [1.807, 2.05) is 17.5 Å². The Bertz CT molecular complexity index is 647. The maximum Gasteiger partial charge on any atom is 0.189 e. The summed E-state index contributed by atoms with van der Waals surface area (Å²) in [6.07, 6.45) is 0. The molecule has 1 N–H and O–H groups in total. The Kier molecular flexibility index (Phi) is 3.61. The molecule has 0 aliphatic carbocycles. The number of H-pyrrole nitrogens is 1. The first-order valence-electron chi connectivity index (χ1n) is 5.65. The van der Waals surface area contributed by atoms with Crippen molar-refractivity contribution in [1.82, 2.24) is 15.2 Å². The maximum atomic E-state index is 12.8. The Balaban J connectivity index is 1.66. The molecular weight excluding hydrogens is 281 g/mol. The van der Waals surface area contributed by atoms with E-state index in [4.69, 9.17) is 0 Å². The predicted molar refractivity (Wildman–Crippen MR) is 75.7 cm³/mol. The molecule has 3 rings (SSSR count). The van der Waals surface area contributed by atoms with Crippen LogP contribution < -0.4 is 0 Å². The second-order valence-electron chi connectivity index (χ2n) is 3.87. The number of rotatable bonds is 4. The number of hydrogen-bond donors (Lipinski definition) is 1. The number of halogens is 1. The number of nitrogens with zero attached hydrogens (tertiary/aromatic N) is 2. The molecule has 0 fully saturated rings. The van der Waals surface area contributed by atoms with Crippen LogP contribution in [0.25, 0.3) is 10.7 Å². The van der Waals surface area contributed by atoms with E-state index in [9.17, 15) is 4.39 Å². The van der Waals surface area contributed by atoms with Crippen LogP contribution in [0.2, 0.25) is 0 Å². The number of thiophene rings is 1. The van der Waals surface area contributed by atoms with Crippen molar-refractivity contribution < 1.29 is 4.39 Å². The highest BCUT2D eigenvalue weighted by Gasteiger charge is 2.06. The van der Waals surface area contributed by atoms with Gasteiger partial charge in [0.15, 0.2) is 11.0 Å². The van der Waals surface area contributed by atoms with Gasteiger partial charge in [-0.2, -0.15) is 0 Å². The summed E-state index contributed by atoms with van der Waals surface area (Å²) in [7, 11) is 0. The van der Waals surface area contributed by atoms with Gasteiger partial charge in [0.1, 0.15) is 5.82 Å². The Hall–Kier alpha value is -1.66. The summed E-state index contributed by atoms with van der Waals surface area (Å²) in [5, 5.41) is 11.0. The minimum Gasteiger partial charge on any atom is -0.315 e. The summed E-state index contributed by atoms with van der Waals surface area (Å²) in [5.74, 6) is 1.31. The Morgan fingerprint density at radius 1 is 1.16 bits per heavy atom. The Morgan fingerprint density at radius 3 is 2.74 bits per heavy atom. The number of nitrogens with one attached hydrogen (secondary N) is 1. The van der Waals surface area contributed by atoms with E-state index in [2.05, 4.69) is 15.2 Å². The molecule has 96 valence electrons. The highest BCUT2D eigenvalue weighted by atomic mass is 32.2. The molecule has 0 aliphatic rings. The van der Waals surface area contributed by atoms with Gasteiger partial charge in [-0.3, -0.25) is 0 Å². The Labute approximate surface area is 117 Å². The van der Waals surface area contributed by atoms with Gasteiger partial charge in [-0.15, -0.1) is 21.5 Å². The highest BCUT2D eigenvalue weighted by Crippen LogP contribution is 2.24. The average Bonchev–Trinajstić information content (AvgIpc) is 3.09. The van der Waals surface area contributed by atoms with Crippen LogP contribution >= 0.6 is 23.1 Å². The van der Waals surface area contributed by atoms with Crippen molar-refractivity contribution in [2.24, 2.45) is 0 Å². The number of thioether (sulfide) groups is 1. The van der Waals surface area contributed by atoms with Crippen LogP contribution in [0.15, 0.2) is 46.9 Å². The molecule has 0 unspecified atom stereocenters. The molecule has 1 aromatic carbocycles. The van der Waals surface area contributed by atoms with Crippen LogP contribution in [0.1, 0.15) is 5.56 Å². The largest absolute Gasteiger partial charge is 0.315 e. The minimum atomic E-state index is -0.214. The molecule has 0 spiro atoms. The maximum absolute atomic E-state index is 12.8. The van der Waals surface area contributed by atoms with Gasteiger partial charge < -0.3 is 4.98 Å². The molecule has 2 heterocycles. The van der Waals surface area contributed by atoms with Crippen molar-refractivity contribution in [2.75, 3.05) is 0 Å². The smallest absolute Gasteiger partial charge is 0.189 e. The summed E-state index contributed by atoms with van der Waals surface area (Å²) in [5.41, 5.74) is 1.06.